The largest absolute Gasteiger partial charge is 0.298 e. The second kappa shape index (κ2) is 6.51. The van der Waals surface area contributed by atoms with Crippen LogP contribution in [0.25, 0.3) is 11.3 Å². The standard InChI is InChI=1S/C16H19N5S2/c1-12-17-8-15(23-12)9-20-5-2-14(3-6-20)21-10-16(18-19-21)13-4-7-22-11-13/h4,7-8,10-11,14H,2-3,5-6,9H2,1H3. The van der Waals surface area contributed by atoms with E-state index in [1.54, 1.807) is 22.7 Å². The summed E-state index contributed by atoms with van der Waals surface area (Å²) in [6.07, 6.45) is 6.36. The Balaban J connectivity index is 1.36. The normalized spacial score (nSPS) is 16.9. The van der Waals surface area contributed by atoms with E-state index in [1.165, 1.54) is 10.4 Å². The molecule has 0 aromatic carbocycles. The van der Waals surface area contributed by atoms with E-state index in [1.807, 2.05) is 6.20 Å². The lowest BCUT2D eigenvalue weighted by Gasteiger charge is -2.31. The summed E-state index contributed by atoms with van der Waals surface area (Å²) in [5.74, 6) is 0. The Labute approximate surface area is 143 Å². The molecule has 0 amide bonds. The quantitative estimate of drug-likeness (QED) is 0.725. The monoisotopic (exact) mass is 345 g/mol. The molecule has 1 fully saturated rings. The Morgan fingerprint density at radius 1 is 1.30 bits per heavy atom. The maximum Gasteiger partial charge on any atom is 0.113 e. The van der Waals surface area contributed by atoms with Crippen molar-refractivity contribution in [2.24, 2.45) is 0 Å². The van der Waals surface area contributed by atoms with E-state index in [0.29, 0.717) is 6.04 Å². The van der Waals surface area contributed by atoms with Crippen molar-refractivity contribution in [3.8, 4) is 11.3 Å². The number of thiazole rings is 1. The van der Waals surface area contributed by atoms with Crippen molar-refractivity contribution in [3.63, 3.8) is 0 Å². The number of likely N-dealkylation sites (tertiary alicyclic amines) is 1. The topological polar surface area (TPSA) is 46.8 Å². The van der Waals surface area contributed by atoms with E-state index in [2.05, 4.69) is 54.8 Å². The predicted molar refractivity (Wildman–Crippen MR) is 93.7 cm³/mol. The Morgan fingerprint density at radius 3 is 2.87 bits per heavy atom. The molecule has 4 heterocycles. The highest BCUT2D eigenvalue weighted by molar-refractivity contribution is 7.11. The third-order valence-electron chi connectivity index (χ3n) is 4.31. The highest BCUT2D eigenvalue weighted by Crippen LogP contribution is 2.26. The molecule has 1 aliphatic heterocycles. The summed E-state index contributed by atoms with van der Waals surface area (Å²) in [5.41, 5.74) is 2.15. The van der Waals surface area contributed by atoms with Gasteiger partial charge in [-0.1, -0.05) is 5.21 Å². The lowest BCUT2D eigenvalue weighted by Crippen LogP contribution is -2.34. The SMILES string of the molecule is Cc1ncc(CN2CCC(n3cc(-c4ccsc4)nn3)CC2)s1. The van der Waals surface area contributed by atoms with E-state index < -0.39 is 0 Å². The van der Waals surface area contributed by atoms with Crippen molar-refractivity contribution < 1.29 is 0 Å². The summed E-state index contributed by atoms with van der Waals surface area (Å²) in [6.45, 7) is 5.30. The number of thiophene rings is 1. The minimum absolute atomic E-state index is 0.467. The third kappa shape index (κ3) is 3.36. The van der Waals surface area contributed by atoms with Gasteiger partial charge in [-0.05, 0) is 31.2 Å². The summed E-state index contributed by atoms with van der Waals surface area (Å²) in [4.78, 5) is 8.22. The molecule has 0 aliphatic carbocycles. The fourth-order valence-corrected chi connectivity index (χ4v) is 4.53. The molecule has 0 radical (unpaired) electrons. The second-order valence-electron chi connectivity index (χ2n) is 5.95. The molecule has 0 spiro atoms. The van der Waals surface area contributed by atoms with Crippen molar-refractivity contribution in [1.29, 1.82) is 0 Å². The minimum Gasteiger partial charge on any atom is -0.298 e. The molecule has 0 atom stereocenters. The van der Waals surface area contributed by atoms with E-state index in [0.717, 1.165) is 43.2 Å². The number of hydrogen-bond acceptors (Lipinski definition) is 6. The number of piperidine rings is 1. The number of rotatable bonds is 4. The van der Waals surface area contributed by atoms with Crippen molar-refractivity contribution in [2.75, 3.05) is 13.1 Å². The smallest absolute Gasteiger partial charge is 0.113 e. The molecule has 0 N–H and O–H groups in total. The summed E-state index contributed by atoms with van der Waals surface area (Å²) in [5, 5.41) is 14.0. The van der Waals surface area contributed by atoms with Gasteiger partial charge in [-0.25, -0.2) is 9.67 Å². The Kier molecular flexibility index (Phi) is 4.24. The molecule has 3 aromatic heterocycles. The first-order valence-corrected chi connectivity index (χ1v) is 9.62. The molecule has 0 saturated carbocycles. The van der Waals surface area contributed by atoms with Gasteiger partial charge in [-0.2, -0.15) is 11.3 Å². The molecule has 7 heteroatoms. The van der Waals surface area contributed by atoms with Gasteiger partial charge in [-0.15, -0.1) is 16.4 Å². The first-order chi connectivity index (χ1) is 11.3. The van der Waals surface area contributed by atoms with Gasteiger partial charge in [0.25, 0.3) is 0 Å². The molecule has 23 heavy (non-hydrogen) atoms. The first kappa shape index (κ1) is 15.0. The number of hydrogen-bond donors (Lipinski definition) is 0. The predicted octanol–water partition coefficient (Wildman–Crippen LogP) is 3.61. The Hall–Kier alpha value is -1.57. The van der Waals surface area contributed by atoms with Crippen LogP contribution in [0.2, 0.25) is 0 Å². The molecule has 0 bridgehead atoms. The first-order valence-electron chi connectivity index (χ1n) is 7.86. The van der Waals surface area contributed by atoms with Crippen LogP contribution in [0.3, 0.4) is 0 Å². The van der Waals surface area contributed by atoms with E-state index in [4.69, 9.17) is 0 Å². The summed E-state index contributed by atoms with van der Waals surface area (Å²) >= 11 is 3.50. The van der Waals surface area contributed by atoms with Crippen LogP contribution in [0.5, 0.6) is 0 Å². The molecule has 3 aromatic rings. The van der Waals surface area contributed by atoms with Gasteiger partial charge < -0.3 is 0 Å². The van der Waals surface area contributed by atoms with Crippen LogP contribution in [0, 0.1) is 6.92 Å². The maximum atomic E-state index is 4.35. The average Bonchev–Trinajstić information content (AvgIpc) is 3.28. The van der Waals surface area contributed by atoms with Crippen LogP contribution in [0.1, 0.15) is 28.8 Å². The van der Waals surface area contributed by atoms with Crippen LogP contribution in [0.4, 0.5) is 0 Å². The maximum absolute atomic E-state index is 4.35. The van der Waals surface area contributed by atoms with Crippen LogP contribution >= 0.6 is 22.7 Å². The number of aryl methyl sites for hydroxylation is 1. The van der Waals surface area contributed by atoms with E-state index in [-0.39, 0.29) is 0 Å². The molecule has 5 nitrogen and oxygen atoms in total. The zero-order valence-electron chi connectivity index (χ0n) is 13.1. The van der Waals surface area contributed by atoms with E-state index >= 15 is 0 Å². The third-order valence-corrected chi connectivity index (χ3v) is 5.89. The number of nitrogens with zero attached hydrogens (tertiary/aromatic N) is 5. The lowest BCUT2D eigenvalue weighted by molar-refractivity contribution is 0.173. The Morgan fingerprint density at radius 2 is 2.17 bits per heavy atom. The summed E-state index contributed by atoms with van der Waals surface area (Å²) in [6, 6.07) is 2.56. The highest BCUT2D eigenvalue weighted by Gasteiger charge is 2.22. The molecule has 1 aliphatic rings. The van der Waals surface area contributed by atoms with Crippen LogP contribution in [0.15, 0.2) is 29.2 Å². The fourth-order valence-electron chi connectivity index (χ4n) is 3.04. The number of aromatic nitrogens is 4. The molecular formula is C16H19N5S2. The van der Waals surface area contributed by atoms with Gasteiger partial charge >= 0.3 is 0 Å². The van der Waals surface area contributed by atoms with Gasteiger partial charge in [0, 0.05) is 41.7 Å². The Bertz CT molecular complexity index is 753. The molecule has 0 unspecified atom stereocenters. The highest BCUT2D eigenvalue weighted by atomic mass is 32.1. The van der Waals surface area contributed by atoms with Gasteiger partial charge in [-0.3, -0.25) is 4.90 Å². The van der Waals surface area contributed by atoms with Gasteiger partial charge in [0.05, 0.1) is 17.2 Å². The zero-order chi connectivity index (χ0) is 15.6. The average molecular weight is 345 g/mol. The van der Waals surface area contributed by atoms with Gasteiger partial charge in [0.15, 0.2) is 0 Å². The van der Waals surface area contributed by atoms with Crippen LogP contribution in [-0.2, 0) is 6.54 Å². The molecule has 1 saturated heterocycles. The van der Waals surface area contributed by atoms with Crippen molar-refractivity contribution in [1.82, 2.24) is 24.9 Å². The van der Waals surface area contributed by atoms with Crippen molar-refractivity contribution in [3.05, 3.63) is 39.1 Å². The van der Waals surface area contributed by atoms with Gasteiger partial charge in [0.1, 0.15) is 5.69 Å². The second-order valence-corrected chi connectivity index (χ2v) is 8.05. The molecule has 120 valence electrons. The van der Waals surface area contributed by atoms with Gasteiger partial charge in [0.2, 0.25) is 0 Å². The fraction of sp³-hybridized carbons (Fsp3) is 0.438. The molecular weight excluding hydrogens is 326 g/mol. The van der Waals surface area contributed by atoms with Crippen LogP contribution in [-0.4, -0.2) is 38.0 Å². The van der Waals surface area contributed by atoms with Crippen molar-refractivity contribution >= 4 is 22.7 Å². The minimum atomic E-state index is 0.467. The summed E-state index contributed by atoms with van der Waals surface area (Å²) < 4.78 is 2.06. The molecule has 4 rings (SSSR count). The van der Waals surface area contributed by atoms with Crippen LogP contribution < -0.4 is 0 Å². The van der Waals surface area contributed by atoms with E-state index in [9.17, 15) is 0 Å². The zero-order valence-corrected chi connectivity index (χ0v) is 14.7. The van der Waals surface area contributed by atoms with Crippen molar-refractivity contribution in [2.45, 2.75) is 32.4 Å². The lowest BCUT2D eigenvalue weighted by atomic mass is 10.1. The summed E-state index contributed by atoms with van der Waals surface area (Å²) in [7, 11) is 0.